The third-order valence-corrected chi connectivity index (χ3v) is 2.85. The second-order valence-electron chi connectivity index (χ2n) is 4.69. The molecule has 0 saturated heterocycles. The molecule has 2 atom stereocenters. The van der Waals surface area contributed by atoms with Crippen LogP contribution in [0.2, 0.25) is 0 Å². The molecule has 0 aliphatic carbocycles. The summed E-state index contributed by atoms with van der Waals surface area (Å²) < 4.78 is 2.16. The van der Waals surface area contributed by atoms with Crippen molar-refractivity contribution in [3.8, 4) is 0 Å². The molecule has 4 nitrogen and oxygen atoms in total. The van der Waals surface area contributed by atoms with Crippen LogP contribution in [0.5, 0.6) is 0 Å². The van der Waals surface area contributed by atoms with Crippen LogP contribution in [0, 0.1) is 0 Å². The van der Waals surface area contributed by atoms with Crippen LogP contribution in [0.1, 0.15) is 58.2 Å². The minimum Gasteiger partial charge on any atom is -0.328 e. The summed E-state index contributed by atoms with van der Waals surface area (Å²) in [4.78, 5) is 0. The number of hydrogen-bond acceptors (Lipinski definition) is 3. The zero-order valence-corrected chi connectivity index (χ0v) is 10.7. The molecule has 16 heavy (non-hydrogen) atoms. The van der Waals surface area contributed by atoms with Crippen molar-refractivity contribution in [2.24, 2.45) is 5.73 Å². The molecule has 2 N–H and O–H groups in total. The fraction of sp³-hybridized carbons (Fsp3) is 0.833. The van der Waals surface area contributed by atoms with E-state index in [2.05, 4.69) is 35.5 Å². The Morgan fingerprint density at radius 1 is 1.38 bits per heavy atom. The summed E-state index contributed by atoms with van der Waals surface area (Å²) >= 11 is 0. The van der Waals surface area contributed by atoms with Crippen LogP contribution >= 0.6 is 0 Å². The topological polar surface area (TPSA) is 56.7 Å². The van der Waals surface area contributed by atoms with Crippen LogP contribution in [-0.4, -0.2) is 20.8 Å². The van der Waals surface area contributed by atoms with E-state index in [1.807, 2.05) is 6.33 Å². The quantitative estimate of drug-likeness (QED) is 0.773. The van der Waals surface area contributed by atoms with Crippen molar-refractivity contribution >= 4 is 0 Å². The number of nitrogens with zero attached hydrogens (tertiary/aromatic N) is 3. The van der Waals surface area contributed by atoms with Crippen LogP contribution in [0.4, 0.5) is 0 Å². The van der Waals surface area contributed by atoms with Crippen molar-refractivity contribution in [1.82, 2.24) is 14.8 Å². The summed E-state index contributed by atoms with van der Waals surface area (Å²) in [5.41, 5.74) is 5.74. The SMILES string of the molecule is CCCn1cnnc1C(C)CCCC(C)N. The first-order valence-electron chi connectivity index (χ1n) is 6.28. The lowest BCUT2D eigenvalue weighted by Crippen LogP contribution is -2.15. The van der Waals surface area contributed by atoms with E-state index in [0.717, 1.165) is 38.1 Å². The average Bonchev–Trinajstić information content (AvgIpc) is 2.66. The molecule has 0 aliphatic rings. The Kier molecular flexibility index (Phi) is 5.46. The lowest BCUT2D eigenvalue weighted by Gasteiger charge is -2.13. The molecule has 1 aromatic rings. The van der Waals surface area contributed by atoms with Gasteiger partial charge < -0.3 is 10.3 Å². The van der Waals surface area contributed by atoms with Crippen LogP contribution in [0.15, 0.2) is 6.33 Å². The highest BCUT2D eigenvalue weighted by Gasteiger charge is 2.12. The molecule has 4 heteroatoms. The summed E-state index contributed by atoms with van der Waals surface area (Å²) in [6, 6.07) is 0.306. The molecule has 0 fully saturated rings. The van der Waals surface area contributed by atoms with E-state index in [1.165, 1.54) is 0 Å². The van der Waals surface area contributed by atoms with Gasteiger partial charge in [-0.2, -0.15) is 0 Å². The van der Waals surface area contributed by atoms with Gasteiger partial charge in [-0.05, 0) is 26.2 Å². The van der Waals surface area contributed by atoms with Crippen LogP contribution < -0.4 is 5.73 Å². The third-order valence-electron chi connectivity index (χ3n) is 2.85. The first-order valence-corrected chi connectivity index (χ1v) is 6.28. The zero-order valence-electron chi connectivity index (χ0n) is 10.7. The average molecular weight is 224 g/mol. The van der Waals surface area contributed by atoms with Gasteiger partial charge in [0.1, 0.15) is 12.2 Å². The number of aryl methyl sites for hydroxylation is 1. The molecule has 0 amide bonds. The van der Waals surface area contributed by atoms with E-state index in [0.29, 0.717) is 12.0 Å². The lowest BCUT2D eigenvalue weighted by molar-refractivity contribution is 0.517. The molecule has 0 aromatic carbocycles. The van der Waals surface area contributed by atoms with Gasteiger partial charge in [0, 0.05) is 18.5 Å². The molecule has 2 unspecified atom stereocenters. The van der Waals surface area contributed by atoms with Crippen LogP contribution in [0.3, 0.4) is 0 Å². The second-order valence-corrected chi connectivity index (χ2v) is 4.69. The summed E-state index contributed by atoms with van der Waals surface area (Å²) in [5, 5.41) is 8.21. The minimum absolute atomic E-state index is 0.306. The van der Waals surface area contributed by atoms with E-state index in [9.17, 15) is 0 Å². The van der Waals surface area contributed by atoms with E-state index >= 15 is 0 Å². The van der Waals surface area contributed by atoms with E-state index in [-0.39, 0.29) is 0 Å². The Morgan fingerprint density at radius 2 is 2.12 bits per heavy atom. The first-order chi connectivity index (χ1) is 7.65. The fourth-order valence-electron chi connectivity index (χ4n) is 1.93. The molecule has 92 valence electrons. The van der Waals surface area contributed by atoms with E-state index in [1.54, 1.807) is 0 Å². The van der Waals surface area contributed by atoms with Gasteiger partial charge in [-0.25, -0.2) is 0 Å². The van der Waals surface area contributed by atoms with Crippen molar-refractivity contribution in [3.63, 3.8) is 0 Å². The van der Waals surface area contributed by atoms with Gasteiger partial charge in [0.2, 0.25) is 0 Å². The molecule has 1 aromatic heterocycles. The van der Waals surface area contributed by atoms with Crippen molar-refractivity contribution in [2.75, 3.05) is 0 Å². The predicted octanol–water partition coefficient (Wildman–Crippen LogP) is 2.31. The standard InChI is InChI=1S/C12H24N4/c1-4-8-16-9-14-15-12(16)10(2)6-5-7-11(3)13/h9-11H,4-8,13H2,1-3H3. The molecule has 0 saturated carbocycles. The molecule has 0 radical (unpaired) electrons. The second kappa shape index (κ2) is 6.63. The predicted molar refractivity (Wildman–Crippen MR) is 66.2 cm³/mol. The van der Waals surface area contributed by atoms with Gasteiger partial charge in [-0.3, -0.25) is 0 Å². The molecule has 1 rings (SSSR count). The highest BCUT2D eigenvalue weighted by atomic mass is 15.3. The first kappa shape index (κ1) is 13.2. The van der Waals surface area contributed by atoms with Crippen molar-refractivity contribution in [2.45, 2.75) is 65.0 Å². The molecule has 0 bridgehead atoms. The molecule has 1 heterocycles. The van der Waals surface area contributed by atoms with Gasteiger partial charge in [0.15, 0.2) is 0 Å². The Morgan fingerprint density at radius 3 is 2.75 bits per heavy atom. The van der Waals surface area contributed by atoms with Gasteiger partial charge >= 0.3 is 0 Å². The summed E-state index contributed by atoms with van der Waals surface area (Å²) in [5.74, 6) is 1.60. The monoisotopic (exact) mass is 224 g/mol. The van der Waals surface area contributed by atoms with Gasteiger partial charge in [0.25, 0.3) is 0 Å². The molecular weight excluding hydrogens is 200 g/mol. The Labute approximate surface area is 98.2 Å². The van der Waals surface area contributed by atoms with Gasteiger partial charge in [-0.1, -0.05) is 20.3 Å². The summed E-state index contributed by atoms with van der Waals surface area (Å²) in [6.45, 7) is 7.46. The molecule has 0 spiro atoms. The fourth-order valence-corrected chi connectivity index (χ4v) is 1.93. The Bertz CT molecular complexity index is 293. The zero-order chi connectivity index (χ0) is 12.0. The normalized spacial score (nSPS) is 15.0. The Hall–Kier alpha value is -0.900. The van der Waals surface area contributed by atoms with Crippen LogP contribution in [-0.2, 0) is 6.54 Å². The number of hydrogen-bond donors (Lipinski definition) is 1. The Balaban J connectivity index is 2.45. The third kappa shape index (κ3) is 3.93. The smallest absolute Gasteiger partial charge is 0.135 e. The largest absolute Gasteiger partial charge is 0.328 e. The van der Waals surface area contributed by atoms with Crippen molar-refractivity contribution in [1.29, 1.82) is 0 Å². The summed E-state index contributed by atoms with van der Waals surface area (Å²) in [7, 11) is 0. The number of rotatable bonds is 7. The van der Waals surface area contributed by atoms with Crippen molar-refractivity contribution < 1.29 is 0 Å². The minimum atomic E-state index is 0.306. The maximum Gasteiger partial charge on any atom is 0.135 e. The summed E-state index contributed by atoms with van der Waals surface area (Å²) in [6.07, 6.45) is 6.35. The molecule has 0 aliphatic heterocycles. The van der Waals surface area contributed by atoms with Crippen LogP contribution in [0.25, 0.3) is 0 Å². The number of aromatic nitrogens is 3. The van der Waals surface area contributed by atoms with E-state index < -0.39 is 0 Å². The van der Waals surface area contributed by atoms with Gasteiger partial charge in [-0.15, -0.1) is 10.2 Å². The van der Waals surface area contributed by atoms with Crippen molar-refractivity contribution in [3.05, 3.63) is 12.2 Å². The highest BCUT2D eigenvalue weighted by molar-refractivity contribution is 4.94. The van der Waals surface area contributed by atoms with Gasteiger partial charge in [0.05, 0.1) is 0 Å². The highest BCUT2D eigenvalue weighted by Crippen LogP contribution is 2.19. The number of nitrogens with two attached hydrogens (primary N) is 1. The maximum absolute atomic E-state index is 5.74. The lowest BCUT2D eigenvalue weighted by atomic mass is 10.0. The molecular formula is C12H24N4. The van der Waals surface area contributed by atoms with E-state index in [4.69, 9.17) is 5.73 Å². The maximum atomic E-state index is 5.74.